The van der Waals surface area contributed by atoms with Crippen LogP contribution < -0.4 is 10.5 Å². The Morgan fingerprint density at radius 3 is 2.56 bits per heavy atom. The van der Waals surface area contributed by atoms with Gasteiger partial charge in [-0.2, -0.15) is 9.61 Å². The zero-order valence-electron chi connectivity index (χ0n) is 19.6. The molecule has 0 aliphatic rings. The van der Waals surface area contributed by atoms with Crippen LogP contribution in [0, 0.1) is 27.7 Å². The predicted molar refractivity (Wildman–Crippen MR) is 136 cm³/mol. The smallest absolute Gasteiger partial charge is 0.274 e. The Labute approximate surface area is 200 Å². The molecule has 5 rings (SSSR count). The van der Waals surface area contributed by atoms with Gasteiger partial charge in [-0.3, -0.25) is 14.5 Å². The summed E-state index contributed by atoms with van der Waals surface area (Å²) in [6.45, 7) is 8.26. The molecule has 0 aliphatic carbocycles. The van der Waals surface area contributed by atoms with E-state index in [1.165, 1.54) is 27.5 Å². The lowest BCUT2D eigenvalue weighted by atomic mass is 10.1. The van der Waals surface area contributed by atoms with Gasteiger partial charge < -0.3 is 4.57 Å². The third-order valence-electron chi connectivity index (χ3n) is 5.88. The monoisotopic (exact) mass is 471 g/mol. The average Bonchev–Trinajstić information content (AvgIpc) is 3.39. The van der Waals surface area contributed by atoms with Crippen molar-refractivity contribution in [2.75, 3.05) is 4.90 Å². The maximum Gasteiger partial charge on any atom is 0.274 e. The van der Waals surface area contributed by atoms with Crippen LogP contribution in [0.15, 0.2) is 59.4 Å². The summed E-state index contributed by atoms with van der Waals surface area (Å²) in [6, 6.07) is 17.5. The molecule has 0 radical (unpaired) electrons. The Morgan fingerprint density at radius 1 is 1.03 bits per heavy atom. The fourth-order valence-electron chi connectivity index (χ4n) is 4.27. The van der Waals surface area contributed by atoms with Crippen LogP contribution in [-0.4, -0.2) is 25.1 Å². The molecule has 5 aromatic rings. The van der Waals surface area contributed by atoms with Crippen molar-refractivity contribution in [3.8, 4) is 0 Å². The lowest BCUT2D eigenvalue weighted by molar-refractivity contribution is -0.119. The molecule has 0 N–H and O–H groups in total. The van der Waals surface area contributed by atoms with E-state index in [9.17, 15) is 9.59 Å². The zero-order chi connectivity index (χ0) is 24.0. The van der Waals surface area contributed by atoms with Crippen molar-refractivity contribution in [1.82, 2.24) is 19.2 Å². The van der Waals surface area contributed by atoms with Gasteiger partial charge in [-0.05, 0) is 50.5 Å². The van der Waals surface area contributed by atoms with E-state index < -0.39 is 0 Å². The topological polar surface area (TPSA) is 72.5 Å². The molecule has 0 saturated carbocycles. The largest absolute Gasteiger partial charge is 0.321 e. The number of aromatic nitrogens is 4. The van der Waals surface area contributed by atoms with Gasteiger partial charge in [-0.25, -0.2) is 4.98 Å². The Hall–Kier alpha value is -3.78. The second-order valence-electron chi connectivity index (χ2n) is 8.66. The van der Waals surface area contributed by atoms with Crippen molar-refractivity contribution < 1.29 is 4.79 Å². The first-order valence-electron chi connectivity index (χ1n) is 11.1. The molecular formula is C26H25N5O2S. The summed E-state index contributed by atoms with van der Waals surface area (Å²) in [5, 5.41) is 4.95. The molecule has 0 spiro atoms. The Kier molecular flexibility index (Phi) is 5.53. The number of benzene rings is 2. The number of fused-ring (bicyclic) bond motifs is 2. The molecule has 0 fully saturated rings. The standard InChI is InChI=1S/C26H25N5O2S/c1-16-10-17(2)25-21(11-16)34-26(27-25)30(14-20-8-6-5-7-9-20)24(33)15-29-19(4)13-23(32)31-22(29)12-18(3)28-31/h5-13H,14-15H2,1-4H3. The van der Waals surface area contributed by atoms with Crippen LogP contribution in [-0.2, 0) is 17.9 Å². The number of amides is 1. The molecule has 7 nitrogen and oxygen atoms in total. The molecule has 1 amide bonds. The van der Waals surface area contributed by atoms with Gasteiger partial charge >= 0.3 is 0 Å². The van der Waals surface area contributed by atoms with Crippen LogP contribution in [0.3, 0.4) is 0 Å². The number of thiazole rings is 1. The maximum atomic E-state index is 13.8. The zero-order valence-corrected chi connectivity index (χ0v) is 20.4. The first-order valence-corrected chi connectivity index (χ1v) is 11.9. The number of aryl methyl sites for hydroxylation is 4. The highest BCUT2D eigenvalue weighted by atomic mass is 32.1. The lowest BCUT2D eigenvalue weighted by Gasteiger charge is -2.22. The summed E-state index contributed by atoms with van der Waals surface area (Å²) in [7, 11) is 0. The first-order chi connectivity index (χ1) is 16.3. The number of rotatable bonds is 5. The van der Waals surface area contributed by atoms with E-state index >= 15 is 0 Å². The van der Waals surface area contributed by atoms with Gasteiger partial charge in [0.15, 0.2) is 5.13 Å². The van der Waals surface area contributed by atoms with Crippen LogP contribution in [0.4, 0.5) is 5.13 Å². The molecule has 172 valence electrons. The van der Waals surface area contributed by atoms with Gasteiger partial charge in [-0.15, -0.1) is 0 Å². The van der Waals surface area contributed by atoms with E-state index in [1.54, 1.807) is 4.90 Å². The van der Waals surface area contributed by atoms with E-state index in [1.807, 2.05) is 61.7 Å². The van der Waals surface area contributed by atoms with Crippen LogP contribution in [0.1, 0.15) is 28.1 Å². The summed E-state index contributed by atoms with van der Waals surface area (Å²) < 4.78 is 4.25. The van der Waals surface area contributed by atoms with E-state index in [0.29, 0.717) is 23.0 Å². The molecule has 34 heavy (non-hydrogen) atoms. The van der Waals surface area contributed by atoms with Crippen LogP contribution in [0.25, 0.3) is 15.9 Å². The molecule has 3 heterocycles. The van der Waals surface area contributed by atoms with E-state index in [0.717, 1.165) is 27.0 Å². The molecular weight excluding hydrogens is 446 g/mol. The third kappa shape index (κ3) is 4.01. The van der Waals surface area contributed by atoms with Gasteiger partial charge in [0.1, 0.15) is 12.2 Å². The fraction of sp³-hybridized carbons (Fsp3) is 0.231. The third-order valence-corrected chi connectivity index (χ3v) is 6.91. The number of carbonyl (C=O) groups is 1. The number of hydrogen-bond donors (Lipinski definition) is 0. The van der Waals surface area contributed by atoms with Crippen LogP contribution in [0.5, 0.6) is 0 Å². The van der Waals surface area contributed by atoms with Crippen molar-refractivity contribution in [3.63, 3.8) is 0 Å². The minimum absolute atomic E-state index is 0.0709. The highest BCUT2D eigenvalue weighted by Crippen LogP contribution is 2.32. The fourth-order valence-corrected chi connectivity index (χ4v) is 5.43. The molecule has 3 aromatic heterocycles. The summed E-state index contributed by atoms with van der Waals surface area (Å²) in [5.41, 5.74) is 6.03. The van der Waals surface area contributed by atoms with Gasteiger partial charge in [0.05, 0.1) is 22.5 Å². The lowest BCUT2D eigenvalue weighted by Crippen LogP contribution is -2.34. The van der Waals surface area contributed by atoms with E-state index in [4.69, 9.17) is 4.98 Å². The van der Waals surface area contributed by atoms with Crippen molar-refractivity contribution >= 4 is 38.2 Å². The van der Waals surface area contributed by atoms with Crippen molar-refractivity contribution in [2.45, 2.75) is 40.8 Å². The Morgan fingerprint density at radius 2 is 1.79 bits per heavy atom. The molecule has 0 unspecified atom stereocenters. The summed E-state index contributed by atoms with van der Waals surface area (Å²) in [4.78, 5) is 32.8. The van der Waals surface area contributed by atoms with E-state index in [2.05, 4.69) is 24.2 Å². The second-order valence-corrected chi connectivity index (χ2v) is 9.67. The highest BCUT2D eigenvalue weighted by molar-refractivity contribution is 7.22. The number of anilines is 1. The SMILES string of the molecule is Cc1cc(C)c2nc(N(Cc3ccccc3)C(=O)Cn3c(C)cc(=O)n4nc(C)cc34)sc2c1. The van der Waals surface area contributed by atoms with E-state index in [-0.39, 0.29) is 18.0 Å². The van der Waals surface area contributed by atoms with Gasteiger partial charge in [0, 0.05) is 17.8 Å². The molecule has 0 bridgehead atoms. The number of carbonyl (C=O) groups excluding carboxylic acids is 1. The van der Waals surface area contributed by atoms with Crippen LogP contribution >= 0.6 is 11.3 Å². The Balaban J connectivity index is 1.59. The number of hydrogen-bond acceptors (Lipinski definition) is 5. The van der Waals surface area contributed by atoms with Gasteiger partial charge in [0.25, 0.3) is 5.56 Å². The molecule has 0 atom stereocenters. The average molecular weight is 472 g/mol. The summed E-state index contributed by atoms with van der Waals surface area (Å²) in [5.74, 6) is -0.107. The minimum atomic E-state index is -0.206. The van der Waals surface area contributed by atoms with Crippen molar-refractivity contribution in [3.05, 3.63) is 93.0 Å². The highest BCUT2D eigenvalue weighted by Gasteiger charge is 2.23. The second kappa shape index (κ2) is 8.53. The van der Waals surface area contributed by atoms with Gasteiger partial charge in [-0.1, -0.05) is 47.7 Å². The molecule has 8 heteroatoms. The molecule has 0 aliphatic heterocycles. The Bertz CT molecular complexity index is 1600. The normalized spacial score (nSPS) is 11.4. The minimum Gasteiger partial charge on any atom is -0.321 e. The number of nitrogens with zero attached hydrogens (tertiary/aromatic N) is 5. The predicted octanol–water partition coefficient (Wildman–Crippen LogP) is 4.57. The van der Waals surface area contributed by atoms with Crippen molar-refractivity contribution in [2.24, 2.45) is 0 Å². The first kappa shape index (κ1) is 22.0. The van der Waals surface area contributed by atoms with Gasteiger partial charge in [0.2, 0.25) is 5.91 Å². The summed E-state index contributed by atoms with van der Waals surface area (Å²) in [6.07, 6.45) is 0. The summed E-state index contributed by atoms with van der Waals surface area (Å²) >= 11 is 1.52. The quantitative estimate of drug-likeness (QED) is 0.376. The maximum absolute atomic E-state index is 13.8. The van der Waals surface area contributed by atoms with Crippen molar-refractivity contribution in [1.29, 1.82) is 0 Å². The molecule has 2 aromatic carbocycles. The van der Waals surface area contributed by atoms with Crippen LogP contribution in [0.2, 0.25) is 0 Å². The molecule has 0 saturated heterocycles.